The van der Waals surface area contributed by atoms with E-state index in [4.69, 9.17) is 5.73 Å². The normalized spacial score (nSPS) is 34.4. The summed E-state index contributed by atoms with van der Waals surface area (Å²) in [5, 5.41) is 2.85. The lowest BCUT2D eigenvalue weighted by atomic mass is 9.83. The molecule has 0 spiro atoms. The van der Waals surface area contributed by atoms with Crippen molar-refractivity contribution in [3.8, 4) is 0 Å². The van der Waals surface area contributed by atoms with E-state index in [1.54, 1.807) is 0 Å². The maximum atomic E-state index is 12.8. The minimum atomic E-state index is -0.377. The Morgan fingerprint density at radius 2 is 2.00 bits per heavy atom. The van der Waals surface area contributed by atoms with Crippen LogP contribution in [0.15, 0.2) is 0 Å². The predicted octanol–water partition coefficient (Wildman–Crippen LogP) is 0.520. The highest BCUT2D eigenvalue weighted by Crippen LogP contribution is 2.39. The second-order valence-corrected chi connectivity index (χ2v) is 6.86. The first-order chi connectivity index (χ1) is 10.0. The van der Waals surface area contributed by atoms with Crippen molar-refractivity contribution in [2.24, 2.45) is 11.1 Å². The quantitative estimate of drug-likeness (QED) is 0.779. The fraction of sp³-hybridized carbons (Fsp3) is 0.867. The molecule has 2 atom stereocenters. The molecule has 2 saturated heterocycles. The molecule has 1 aliphatic carbocycles. The fourth-order valence-electron chi connectivity index (χ4n) is 4.04. The highest BCUT2D eigenvalue weighted by molar-refractivity contribution is 5.83. The summed E-state index contributed by atoms with van der Waals surface area (Å²) < 4.78 is 0. The molecule has 3 aliphatic rings. The Balaban J connectivity index is 1.58. The summed E-state index contributed by atoms with van der Waals surface area (Å²) >= 11 is 0. The van der Waals surface area contributed by atoms with E-state index in [0.29, 0.717) is 0 Å². The molecule has 2 aliphatic heterocycles. The molecule has 3 fully saturated rings. The minimum absolute atomic E-state index is 0.00733. The van der Waals surface area contributed by atoms with Crippen LogP contribution in [0, 0.1) is 5.41 Å². The highest BCUT2D eigenvalue weighted by atomic mass is 16.2. The summed E-state index contributed by atoms with van der Waals surface area (Å²) in [5.41, 5.74) is 5.78. The lowest BCUT2D eigenvalue weighted by Gasteiger charge is -2.40. The van der Waals surface area contributed by atoms with Crippen LogP contribution in [0.25, 0.3) is 0 Å². The summed E-state index contributed by atoms with van der Waals surface area (Å²) in [6, 6.07) is 0.318. The van der Waals surface area contributed by atoms with Gasteiger partial charge in [-0.3, -0.25) is 4.79 Å². The molecule has 0 aromatic heterocycles. The average Bonchev–Trinajstić information content (AvgIpc) is 3.06. The van der Waals surface area contributed by atoms with E-state index in [1.807, 2.05) is 16.7 Å². The smallest absolute Gasteiger partial charge is 0.317 e. The average molecular weight is 294 g/mol. The third-order valence-electron chi connectivity index (χ3n) is 5.60. The number of nitrogens with one attached hydrogen (secondary N) is 1. The number of rotatable bonds is 2. The zero-order valence-corrected chi connectivity index (χ0v) is 12.8. The molecule has 1 saturated carbocycles. The monoisotopic (exact) mass is 294 g/mol. The fourth-order valence-corrected chi connectivity index (χ4v) is 4.04. The van der Waals surface area contributed by atoms with E-state index >= 15 is 0 Å². The third-order valence-corrected chi connectivity index (χ3v) is 5.60. The van der Waals surface area contributed by atoms with Crippen LogP contribution in [-0.2, 0) is 4.79 Å². The van der Waals surface area contributed by atoms with Gasteiger partial charge in [0, 0.05) is 38.3 Å². The van der Waals surface area contributed by atoms with Gasteiger partial charge in [0.05, 0.1) is 5.41 Å². The van der Waals surface area contributed by atoms with Gasteiger partial charge >= 0.3 is 6.03 Å². The second kappa shape index (κ2) is 5.48. The molecule has 2 heterocycles. The molecule has 6 nitrogen and oxygen atoms in total. The van der Waals surface area contributed by atoms with Crippen LogP contribution >= 0.6 is 0 Å². The zero-order valence-electron chi connectivity index (χ0n) is 12.8. The van der Waals surface area contributed by atoms with Gasteiger partial charge in [-0.05, 0) is 32.6 Å². The van der Waals surface area contributed by atoms with Gasteiger partial charge in [0.15, 0.2) is 0 Å². The van der Waals surface area contributed by atoms with E-state index < -0.39 is 0 Å². The minimum Gasteiger partial charge on any atom is -0.342 e. The number of hydrogen-bond donors (Lipinski definition) is 2. The van der Waals surface area contributed by atoms with Crippen molar-refractivity contribution in [2.45, 2.75) is 51.1 Å². The van der Waals surface area contributed by atoms with Crippen LogP contribution in [0.1, 0.15) is 39.0 Å². The van der Waals surface area contributed by atoms with Gasteiger partial charge in [0.1, 0.15) is 0 Å². The molecular formula is C15H26N4O2. The Kier molecular flexibility index (Phi) is 3.82. The second-order valence-electron chi connectivity index (χ2n) is 6.86. The number of carbonyl (C=O) groups excluding carboxylic acids is 2. The van der Waals surface area contributed by atoms with Gasteiger partial charge in [0.2, 0.25) is 5.91 Å². The molecular weight excluding hydrogens is 268 g/mol. The molecule has 0 aromatic rings. The van der Waals surface area contributed by atoms with E-state index in [2.05, 4.69) is 5.32 Å². The van der Waals surface area contributed by atoms with Crippen LogP contribution in [0.4, 0.5) is 4.79 Å². The van der Waals surface area contributed by atoms with Crippen LogP contribution in [0.5, 0.6) is 0 Å². The molecule has 3 amide bonds. The lowest BCUT2D eigenvalue weighted by Crippen LogP contribution is -2.53. The summed E-state index contributed by atoms with van der Waals surface area (Å²) in [6.07, 6.45) is 4.66. The SMILES string of the molecule is CC1(C(=O)N2CCC(N3CCNC3=O)CC2)CCCC1N. The molecule has 0 radical (unpaired) electrons. The number of amides is 3. The van der Waals surface area contributed by atoms with Crippen molar-refractivity contribution in [3.63, 3.8) is 0 Å². The van der Waals surface area contributed by atoms with E-state index in [9.17, 15) is 9.59 Å². The number of nitrogens with two attached hydrogens (primary N) is 1. The van der Waals surface area contributed by atoms with Crippen LogP contribution in [0.3, 0.4) is 0 Å². The van der Waals surface area contributed by atoms with Gasteiger partial charge in [-0.25, -0.2) is 4.79 Å². The number of carbonyl (C=O) groups is 2. The highest BCUT2D eigenvalue weighted by Gasteiger charge is 2.46. The maximum absolute atomic E-state index is 12.8. The number of hydrogen-bond acceptors (Lipinski definition) is 3. The van der Waals surface area contributed by atoms with Gasteiger partial charge in [-0.1, -0.05) is 6.42 Å². The van der Waals surface area contributed by atoms with Crippen molar-refractivity contribution in [1.82, 2.24) is 15.1 Å². The number of nitrogens with zero attached hydrogens (tertiary/aromatic N) is 2. The van der Waals surface area contributed by atoms with E-state index in [1.165, 1.54) is 0 Å². The molecule has 3 N–H and O–H groups in total. The van der Waals surface area contributed by atoms with Gasteiger partial charge in [0.25, 0.3) is 0 Å². The molecule has 2 unspecified atom stereocenters. The first kappa shape index (κ1) is 14.6. The van der Waals surface area contributed by atoms with Gasteiger partial charge in [-0.15, -0.1) is 0 Å². The van der Waals surface area contributed by atoms with Gasteiger partial charge in [-0.2, -0.15) is 0 Å². The summed E-state index contributed by atoms with van der Waals surface area (Å²) in [6.45, 7) is 5.04. The first-order valence-electron chi connectivity index (χ1n) is 8.12. The van der Waals surface area contributed by atoms with Crippen LogP contribution in [0.2, 0.25) is 0 Å². The lowest BCUT2D eigenvalue weighted by molar-refractivity contribution is -0.143. The Hall–Kier alpha value is -1.30. The molecule has 3 rings (SSSR count). The van der Waals surface area contributed by atoms with Crippen LogP contribution in [-0.4, -0.2) is 60.0 Å². The standard InChI is InChI=1S/C15H26N4O2/c1-15(6-2-3-12(15)16)13(20)18-8-4-11(5-9-18)19-10-7-17-14(19)21/h11-12H,2-10,16H2,1H3,(H,17,21). The predicted molar refractivity (Wildman–Crippen MR) is 79.6 cm³/mol. The Morgan fingerprint density at radius 1 is 1.29 bits per heavy atom. The van der Waals surface area contributed by atoms with E-state index in [0.717, 1.165) is 58.3 Å². The largest absolute Gasteiger partial charge is 0.342 e. The third kappa shape index (κ3) is 2.50. The van der Waals surface area contributed by atoms with E-state index in [-0.39, 0.29) is 29.4 Å². The zero-order chi connectivity index (χ0) is 15.0. The molecule has 0 aromatic carbocycles. The number of likely N-dealkylation sites (tertiary alicyclic amines) is 1. The molecule has 21 heavy (non-hydrogen) atoms. The Labute approximate surface area is 126 Å². The van der Waals surface area contributed by atoms with Crippen molar-refractivity contribution in [3.05, 3.63) is 0 Å². The van der Waals surface area contributed by atoms with Crippen molar-refractivity contribution >= 4 is 11.9 Å². The number of urea groups is 1. The molecule has 118 valence electrons. The van der Waals surface area contributed by atoms with Crippen molar-refractivity contribution in [2.75, 3.05) is 26.2 Å². The Bertz CT molecular complexity index is 433. The number of piperidine rings is 1. The maximum Gasteiger partial charge on any atom is 0.317 e. The molecule has 0 bridgehead atoms. The topological polar surface area (TPSA) is 78.7 Å². The van der Waals surface area contributed by atoms with Crippen LogP contribution < -0.4 is 11.1 Å². The Morgan fingerprint density at radius 3 is 2.52 bits per heavy atom. The van der Waals surface area contributed by atoms with Gasteiger partial charge < -0.3 is 20.9 Å². The summed E-state index contributed by atoms with van der Waals surface area (Å²) in [7, 11) is 0. The molecule has 6 heteroatoms. The first-order valence-corrected chi connectivity index (χ1v) is 8.12. The van der Waals surface area contributed by atoms with Crippen molar-refractivity contribution in [1.29, 1.82) is 0 Å². The summed E-state index contributed by atoms with van der Waals surface area (Å²) in [5.74, 6) is 0.219. The van der Waals surface area contributed by atoms with Crippen molar-refractivity contribution < 1.29 is 9.59 Å². The summed E-state index contributed by atoms with van der Waals surface area (Å²) in [4.78, 5) is 28.4.